The van der Waals surface area contributed by atoms with Gasteiger partial charge in [-0.1, -0.05) is 12.1 Å². The smallest absolute Gasteiger partial charge is 0.435 e. The molecule has 2 rings (SSSR count). The van der Waals surface area contributed by atoms with Gasteiger partial charge in [0.25, 0.3) is 6.43 Å². The average molecular weight is 336 g/mol. The maximum atomic E-state index is 12.8. The number of rotatable bonds is 5. The highest BCUT2D eigenvalue weighted by Gasteiger charge is 2.35. The van der Waals surface area contributed by atoms with Crippen molar-refractivity contribution in [2.75, 3.05) is 6.61 Å². The standard InChI is InChI=1S/C14H13F5N2O2/c1-8(22)9-2-4-10(5-3-9)21-13(23-7-12(15)16)6-11(20-21)14(17,18)19/h2-6,8,12,22H,7H2,1H3. The monoisotopic (exact) mass is 336 g/mol. The van der Waals surface area contributed by atoms with E-state index in [1.165, 1.54) is 31.2 Å². The molecular formula is C14H13F5N2O2. The summed E-state index contributed by atoms with van der Waals surface area (Å²) in [4.78, 5) is 0. The van der Waals surface area contributed by atoms with Crippen LogP contribution in [-0.4, -0.2) is 27.9 Å². The van der Waals surface area contributed by atoms with E-state index in [9.17, 15) is 27.1 Å². The molecule has 0 spiro atoms. The first-order chi connectivity index (χ1) is 10.7. The predicted molar refractivity (Wildman–Crippen MR) is 70.7 cm³/mol. The molecule has 0 bridgehead atoms. The number of nitrogens with zero attached hydrogens (tertiary/aromatic N) is 2. The van der Waals surface area contributed by atoms with Crippen LogP contribution >= 0.6 is 0 Å². The summed E-state index contributed by atoms with van der Waals surface area (Å²) in [5.41, 5.74) is -0.512. The third-order valence-corrected chi connectivity index (χ3v) is 2.94. The summed E-state index contributed by atoms with van der Waals surface area (Å²) in [5, 5.41) is 12.8. The van der Waals surface area contributed by atoms with Gasteiger partial charge < -0.3 is 9.84 Å². The Balaban J connectivity index is 2.40. The van der Waals surface area contributed by atoms with Gasteiger partial charge in [-0.2, -0.15) is 18.3 Å². The summed E-state index contributed by atoms with van der Waals surface area (Å²) < 4.78 is 68.2. The molecule has 0 saturated heterocycles. The summed E-state index contributed by atoms with van der Waals surface area (Å²) in [6, 6.07) is 6.36. The van der Waals surface area contributed by atoms with Crippen molar-refractivity contribution in [1.82, 2.24) is 9.78 Å². The van der Waals surface area contributed by atoms with E-state index in [0.717, 1.165) is 4.68 Å². The highest BCUT2D eigenvalue weighted by Crippen LogP contribution is 2.32. The van der Waals surface area contributed by atoms with E-state index < -0.39 is 36.9 Å². The lowest BCUT2D eigenvalue weighted by molar-refractivity contribution is -0.141. The molecule has 0 amide bonds. The fraction of sp³-hybridized carbons (Fsp3) is 0.357. The Kier molecular flexibility index (Phi) is 4.88. The van der Waals surface area contributed by atoms with Gasteiger partial charge in [0.05, 0.1) is 11.8 Å². The molecule has 0 aliphatic heterocycles. The van der Waals surface area contributed by atoms with Crippen molar-refractivity contribution in [2.45, 2.75) is 25.6 Å². The minimum Gasteiger partial charge on any atom is -0.471 e. The van der Waals surface area contributed by atoms with E-state index in [1.807, 2.05) is 0 Å². The van der Waals surface area contributed by atoms with E-state index >= 15 is 0 Å². The highest BCUT2D eigenvalue weighted by molar-refractivity contribution is 5.38. The lowest BCUT2D eigenvalue weighted by atomic mass is 10.1. The molecule has 4 nitrogen and oxygen atoms in total. The Morgan fingerprint density at radius 3 is 2.30 bits per heavy atom. The van der Waals surface area contributed by atoms with E-state index in [1.54, 1.807) is 0 Å². The number of hydrogen-bond acceptors (Lipinski definition) is 3. The zero-order chi connectivity index (χ0) is 17.2. The quantitative estimate of drug-likeness (QED) is 0.849. The number of aliphatic hydroxyl groups excluding tert-OH is 1. The second kappa shape index (κ2) is 6.53. The van der Waals surface area contributed by atoms with Crippen LogP contribution in [0.3, 0.4) is 0 Å². The van der Waals surface area contributed by atoms with E-state index in [-0.39, 0.29) is 5.69 Å². The molecule has 1 unspecified atom stereocenters. The summed E-state index contributed by atoms with van der Waals surface area (Å²) in [5.74, 6) is -0.442. The minimum atomic E-state index is -4.73. The van der Waals surface area contributed by atoms with Crippen LogP contribution in [0.15, 0.2) is 30.3 Å². The maximum Gasteiger partial charge on any atom is 0.435 e. The van der Waals surface area contributed by atoms with Gasteiger partial charge >= 0.3 is 6.18 Å². The number of halogens is 5. The lowest BCUT2D eigenvalue weighted by Crippen LogP contribution is -2.10. The van der Waals surface area contributed by atoms with Crippen LogP contribution in [0.1, 0.15) is 24.3 Å². The zero-order valence-electron chi connectivity index (χ0n) is 11.9. The van der Waals surface area contributed by atoms with Gasteiger partial charge in [0.2, 0.25) is 5.88 Å². The molecule has 126 valence electrons. The molecule has 23 heavy (non-hydrogen) atoms. The number of benzene rings is 1. The highest BCUT2D eigenvalue weighted by atomic mass is 19.4. The van der Waals surface area contributed by atoms with Crippen molar-refractivity contribution in [2.24, 2.45) is 0 Å². The van der Waals surface area contributed by atoms with Crippen molar-refractivity contribution in [3.63, 3.8) is 0 Å². The molecule has 1 N–H and O–H groups in total. The van der Waals surface area contributed by atoms with Crippen LogP contribution in [0.25, 0.3) is 5.69 Å². The minimum absolute atomic E-state index is 0.189. The topological polar surface area (TPSA) is 47.3 Å². The molecule has 0 radical (unpaired) electrons. The second-order valence-electron chi connectivity index (χ2n) is 4.75. The van der Waals surface area contributed by atoms with E-state index in [0.29, 0.717) is 11.6 Å². The fourth-order valence-corrected chi connectivity index (χ4v) is 1.83. The Bertz CT molecular complexity index is 650. The molecule has 2 aromatic rings. The second-order valence-corrected chi connectivity index (χ2v) is 4.75. The van der Waals surface area contributed by atoms with Gasteiger partial charge in [-0.05, 0) is 24.6 Å². The lowest BCUT2D eigenvalue weighted by Gasteiger charge is -2.10. The van der Waals surface area contributed by atoms with Gasteiger partial charge in [0.15, 0.2) is 12.3 Å². The van der Waals surface area contributed by atoms with Crippen LogP contribution in [0, 0.1) is 0 Å². The van der Waals surface area contributed by atoms with Gasteiger partial charge in [-0.3, -0.25) is 0 Å². The largest absolute Gasteiger partial charge is 0.471 e. The predicted octanol–water partition coefficient (Wildman–Crippen LogP) is 3.59. The average Bonchev–Trinajstić information content (AvgIpc) is 2.89. The molecule has 9 heteroatoms. The molecule has 0 saturated carbocycles. The van der Waals surface area contributed by atoms with Crippen molar-refractivity contribution in [3.8, 4) is 11.6 Å². The summed E-state index contributed by atoms with van der Waals surface area (Å²) >= 11 is 0. The van der Waals surface area contributed by atoms with Gasteiger partial charge in [0, 0.05) is 6.07 Å². The SMILES string of the molecule is CC(O)c1ccc(-n2nc(C(F)(F)F)cc2OCC(F)F)cc1. The van der Waals surface area contributed by atoms with Crippen LogP contribution in [0.5, 0.6) is 5.88 Å². The molecular weight excluding hydrogens is 323 g/mol. The van der Waals surface area contributed by atoms with Crippen LogP contribution in [0.2, 0.25) is 0 Å². The van der Waals surface area contributed by atoms with Gasteiger partial charge in [-0.25, -0.2) is 13.5 Å². The molecule has 0 aliphatic rings. The Hall–Kier alpha value is -2.16. The Labute approximate surface area is 128 Å². The Morgan fingerprint density at radius 1 is 1.22 bits per heavy atom. The normalized spacial score (nSPS) is 13.4. The molecule has 0 fully saturated rings. The third-order valence-electron chi connectivity index (χ3n) is 2.94. The van der Waals surface area contributed by atoms with E-state index in [2.05, 4.69) is 5.10 Å². The molecule has 1 aromatic carbocycles. The first kappa shape index (κ1) is 17.2. The molecule has 0 aliphatic carbocycles. The first-order valence-corrected chi connectivity index (χ1v) is 6.55. The fourth-order valence-electron chi connectivity index (χ4n) is 1.83. The summed E-state index contributed by atoms with van der Waals surface area (Å²) in [7, 11) is 0. The zero-order valence-corrected chi connectivity index (χ0v) is 11.9. The number of ether oxygens (including phenoxy) is 1. The number of hydrogen-bond donors (Lipinski definition) is 1. The molecule has 1 aromatic heterocycles. The summed E-state index contributed by atoms with van der Waals surface area (Å²) in [6.45, 7) is 0.483. The maximum absolute atomic E-state index is 12.8. The van der Waals surface area contributed by atoms with Crippen molar-refractivity contribution in [3.05, 3.63) is 41.6 Å². The third kappa shape index (κ3) is 4.19. The first-order valence-electron chi connectivity index (χ1n) is 6.55. The van der Waals surface area contributed by atoms with Crippen molar-refractivity contribution >= 4 is 0 Å². The van der Waals surface area contributed by atoms with Crippen LogP contribution in [-0.2, 0) is 6.18 Å². The number of aliphatic hydroxyl groups is 1. The molecule has 1 atom stereocenters. The Morgan fingerprint density at radius 2 is 1.83 bits per heavy atom. The van der Waals surface area contributed by atoms with Crippen LogP contribution < -0.4 is 4.74 Å². The van der Waals surface area contributed by atoms with Gasteiger partial charge in [-0.15, -0.1) is 0 Å². The number of aromatic nitrogens is 2. The van der Waals surface area contributed by atoms with Crippen molar-refractivity contribution < 1.29 is 31.8 Å². The van der Waals surface area contributed by atoms with Crippen LogP contribution in [0.4, 0.5) is 22.0 Å². The number of alkyl halides is 5. The van der Waals surface area contributed by atoms with E-state index in [4.69, 9.17) is 4.74 Å². The van der Waals surface area contributed by atoms with Crippen molar-refractivity contribution in [1.29, 1.82) is 0 Å². The summed E-state index contributed by atoms with van der Waals surface area (Å²) in [6.07, 6.45) is -8.31. The van der Waals surface area contributed by atoms with Gasteiger partial charge in [0.1, 0.15) is 0 Å². The molecule has 1 heterocycles.